The maximum absolute atomic E-state index is 12.6. The molecule has 180 valence electrons. The van der Waals surface area contributed by atoms with Crippen LogP contribution in [0.5, 0.6) is 0 Å². The van der Waals surface area contributed by atoms with Crippen LogP contribution in [-0.4, -0.2) is 45.3 Å². The Bertz CT molecular complexity index is 812. The molecule has 11 heteroatoms. The standard InChI is InChI=1S/C22H28NO9P/c1-2-23-33(26,31-15-13-27-21(24)29-17-19-9-5-3-6-10-19)32-16-14-28-22(25)30-18-20-11-7-4-8-12-20/h3-12H,2,13-18H2,1H3,(H,23,26). The average molecular weight is 481 g/mol. The van der Waals surface area contributed by atoms with Crippen molar-refractivity contribution in [2.24, 2.45) is 0 Å². The molecule has 2 aromatic carbocycles. The van der Waals surface area contributed by atoms with E-state index in [0.29, 0.717) is 6.54 Å². The van der Waals surface area contributed by atoms with Gasteiger partial charge in [-0.3, -0.25) is 9.05 Å². The van der Waals surface area contributed by atoms with E-state index in [2.05, 4.69) is 5.09 Å². The summed E-state index contributed by atoms with van der Waals surface area (Å²) in [6, 6.07) is 18.3. The Labute approximate surface area is 192 Å². The van der Waals surface area contributed by atoms with E-state index in [-0.39, 0.29) is 39.6 Å². The van der Waals surface area contributed by atoms with Gasteiger partial charge in [0.2, 0.25) is 0 Å². The zero-order valence-corrected chi connectivity index (χ0v) is 19.2. The van der Waals surface area contributed by atoms with Crippen molar-refractivity contribution < 1.29 is 42.1 Å². The van der Waals surface area contributed by atoms with Crippen molar-refractivity contribution >= 4 is 20.1 Å². The topological polar surface area (TPSA) is 119 Å². The third-order valence-electron chi connectivity index (χ3n) is 3.88. The molecule has 0 radical (unpaired) electrons. The van der Waals surface area contributed by atoms with Crippen LogP contribution in [-0.2, 0) is 45.8 Å². The first-order valence-electron chi connectivity index (χ1n) is 10.3. The van der Waals surface area contributed by atoms with Crippen molar-refractivity contribution in [2.45, 2.75) is 20.1 Å². The first-order chi connectivity index (χ1) is 16.0. The van der Waals surface area contributed by atoms with Gasteiger partial charge in [0.1, 0.15) is 26.4 Å². The lowest BCUT2D eigenvalue weighted by Crippen LogP contribution is -2.19. The molecular formula is C22H28NO9P. The maximum Gasteiger partial charge on any atom is 0.508 e. The lowest BCUT2D eigenvalue weighted by molar-refractivity contribution is 0.0331. The van der Waals surface area contributed by atoms with Crippen LogP contribution in [0.1, 0.15) is 18.1 Å². The Morgan fingerprint density at radius 1 is 0.697 bits per heavy atom. The molecule has 0 aromatic heterocycles. The summed E-state index contributed by atoms with van der Waals surface area (Å²) in [5, 5.41) is 2.60. The number of carbonyl (C=O) groups excluding carboxylic acids is 2. The van der Waals surface area contributed by atoms with Crippen molar-refractivity contribution in [1.82, 2.24) is 5.09 Å². The summed E-state index contributed by atoms with van der Waals surface area (Å²) in [4.78, 5) is 23.2. The largest absolute Gasteiger partial charge is 0.508 e. The number of carbonyl (C=O) groups is 2. The maximum atomic E-state index is 12.6. The molecule has 0 aliphatic rings. The number of rotatable bonds is 14. The van der Waals surface area contributed by atoms with Gasteiger partial charge in [-0.15, -0.1) is 0 Å². The lowest BCUT2D eigenvalue weighted by Gasteiger charge is -2.18. The van der Waals surface area contributed by atoms with E-state index in [1.807, 2.05) is 60.7 Å². The molecule has 0 fully saturated rings. The van der Waals surface area contributed by atoms with Crippen molar-refractivity contribution in [2.75, 3.05) is 33.0 Å². The molecule has 0 bridgehead atoms. The highest BCUT2D eigenvalue weighted by molar-refractivity contribution is 7.51. The molecule has 0 aliphatic heterocycles. The average Bonchev–Trinajstić information content (AvgIpc) is 2.83. The fraction of sp³-hybridized carbons (Fsp3) is 0.364. The van der Waals surface area contributed by atoms with Crippen LogP contribution in [0, 0.1) is 0 Å². The van der Waals surface area contributed by atoms with Crippen LogP contribution in [0.15, 0.2) is 60.7 Å². The Morgan fingerprint density at radius 3 is 1.52 bits per heavy atom. The highest BCUT2D eigenvalue weighted by Gasteiger charge is 2.24. The number of hydrogen-bond acceptors (Lipinski definition) is 9. The first-order valence-corrected chi connectivity index (χ1v) is 11.9. The van der Waals surface area contributed by atoms with E-state index in [4.69, 9.17) is 28.0 Å². The van der Waals surface area contributed by atoms with Gasteiger partial charge in [0.05, 0.1) is 13.2 Å². The van der Waals surface area contributed by atoms with Crippen molar-refractivity contribution in [1.29, 1.82) is 0 Å². The number of hydrogen-bond donors (Lipinski definition) is 1. The summed E-state index contributed by atoms with van der Waals surface area (Å²) in [6.07, 6.45) is -1.74. The predicted octanol–water partition coefficient (Wildman–Crippen LogP) is 4.44. The molecule has 2 aromatic rings. The molecule has 33 heavy (non-hydrogen) atoms. The van der Waals surface area contributed by atoms with Crippen LogP contribution in [0.4, 0.5) is 9.59 Å². The van der Waals surface area contributed by atoms with Gasteiger partial charge < -0.3 is 18.9 Å². The van der Waals surface area contributed by atoms with Crippen molar-refractivity contribution in [3.05, 3.63) is 71.8 Å². The summed E-state index contributed by atoms with van der Waals surface area (Å²) < 4.78 is 42.7. The van der Waals surface area contributed by atoms with E-state index in [0.717, 1.165) is 11.1 Å². The van der Waals surface area contributed by atoms with Crippen LogP contribution in [0.25, 0.3) is 0 Å². The fourth-order valence-corrected chi connectivity index (χ4v) is 3.68. The van der Waals surface area contributed by atoms with Gasteiger partial charge >= 0.3 is 20.1 Å². The molecule has 0 heterocycles. The first kappa shape index (κ1) is 26.3. The Balaban J connectivity index is 1.59. The Morgan fingerprint density at radius 2 is 1.12 bits per heavy atom. The molecule has 0 atom stereocenters. The molecule has 10 nitrogen and oxygen atoms in total. The van der Waals surface area contributed by atoms with Gasteiger partial charge in [-0.1, -0.05) is 67.6 Å². The van der Waals surface area contributed by atoms with Gasteiger partial charge in [-0.05, 0) is 11.1 Å². The van der Waals surface area contributed by atoms with Crippen LogP contribution >= 0.6 is 7.75 Å². The monoisotopic (exact) mass is 481 g/mol. The molecule has 1 N–H and O–H groups in total. The second-order valence-corrected chi connectivity index (χ2v) is 8.25. The predicted molar refractivity (Wildman–Crippen MR) is 118 cm³/mol. The van der Waals surface area contributed by atoms with E-state index in [9.17, 15) is 14.2 Å². The fourth-order valence-electron chi connectivity index (χ4n) is 2.40. The molecule has 0 unspecified atom stereocenters. The summed E-state index contributed by atoms with van der Waals surface area (Å²) in [5.41, 5.74) is 1.64. The van der Waals surface area contributed by atoms with E-state index in [1.54, 1.807) is 6.92 Å². The van der Waals surface area contributed by atoms with Crippen molar-refractivity contribution in [3.8, 4) is 0 Å². The molecule has 0 aliphatic carbocycles. The zero-order chi connectivity index (χ0) is 23.8. The third-order valence-corrected chi connectivity index (χ3v) is 5.63. The molecule has 0 saturated heterocycles. The Kier molecular flexibility index (Phi) is 12.0. The van der Waals surface area contributed by atoms with Crippen LogP contribution in [0.2, 0.25) is 0 Å². The molecule has 2 rings (SSSR count). The SMILES string of the molecule is CCNP(=O)(OCCOC(=O)OCc1ccccc1)OCCOC(=O)OCc1ccccc1. The number of nitrogens with one attached hydrogen (secondary N) is 1. The normalized spacial score (nSPS) is 10.9. The summed E-state index contributed by atoms with van der Waals surface area (Å²) in [5.74, 6) is 0. The molecular weight excluding hydrogens is 453 g/mol. The summed E-state index contributed by atoms with van der Waals surface area (Å²) in [6.45, 7) is 1.42. The van der Waals surface area contributed by atoms with Gasteiger partial charge in [0, 0.05) is 6.54 Å². The van der Waals surface area contributed by atoms with Crippen LogP contribution in [0.3, 0.4) is 0 Å². The minimum Gasteiger partial charge on any atom is -0.432 e. The second-order valence-electron chi connectivity index (χ2n) is 6.42. The van der Waals surface area contributed by atoms with Crippen molar-refractivity contribution in [3.63, 3.8) is 0 Å². The van der Waals surface area contributed by atoms with Crippen LogP contribution < -0.4 is 5.09 Å². The third kappa shape index (κ3) is 11.5. The Hall–Kier alpha value is -2.91. The summed E-state index contributed by atoms with van der Waals surface area (Å²) >= 11 is 0. The van der Waals surface area contributed by atoms with Gasteiger partial charge in [-0.25, -0.2) is 19.2 Å². The molecule has 0 spiro atoms. The van der Waals surface area contributed by atoms with E-state index in [1.165, 1.54) is 0 Å². The van der Waals surface area contributed by atoms with Gasteiger partial charge in [0.15, 0.2) is 0 Å². The number of ether oxygens (including phenoxy) is 4. The lowest BCUT2D eigenvalue weighted by atomic mass is 10.2. The quantitative estimate of drug-likeness (QED) is 0.236. The van der Waals surface area contributed by atoms with Gasteiger partial charge in [0.25, 0.3) is 0 Å². The smallest absolute Gasteiger partial charge is 0.432 e. The highest BCUT2D eigenvalue weighted by atomic mass is 31.2. The zero-order valence-electron chi connectivity index (χ0n) is 18.3. The van der Waals surface area contributed by atoms with Gasteiger partial charge in [-0.2, -0.15) is 0 Å². The van der Waals surface area contributed by atoms with E-state index >= 15 is 0 Å². The minimum atomic E-state index is -3.68. The second kappa shape index (κ2) is 15.0. The minimum absolute atomic E-state index is 0.0767. The highest BCUT2D eigenvalue weighted by Crippen LogP contribution is 2.43. The number of benzene rings is 2. The molecule has 0 saturated carbocycles. The molecule has 0 amide bonds. The van der Waals surface area contributed by atoms with E-state index < -0.39 is 20.1 Å². The summed E-state index contributed by atoms with van der Waals surface area (Å²) in [7, 11) is -3.68.